The first-order valence-electron chi connectivity index (χ1n) is 5.41. The molecule has 2 heteroatoms. The third-order valence-electron chi connectivity index (χ3n) is 2.74. The van der Waals surface area contributed by atoms with Crippen molar-refractivity contribution >= 4 is 5.97 Å². The monoisotopic (exact) mass is 206 g/mol. The molecule has 0 spiro atoms. The minimum absolute atomic E-state index is 0.138. The summed E-state index contributed by atoms with van der Waals surface area (Å²) in [6, 6.07) is 4.22. The fourth-order valence-electron chi connectivity index (χ4n) is 1.89. The molecule has 0 aliphatic carbocycles. The second-order valence-corrected chi connectivity index (χ2v) is 3.83. The van der Waals surface area contributed by atoms with Crippen molar-refractivity contribution in [3.05, 3.63) is 34.4 Å². The Morgan fingerprint density at radius 2 is 1.93 bits per heavy atom. The van der Waals surface area contributed by atoms with E-state index in [9.17, 15) is 4.79 Å². The summed E-state index contributed by atoms with van der Waals surface area (Å²) in [5, 5.41) is 8.84. The Labute approximate surface area is 90.9 Å². The van der Waals surface area contributed by atoms with Gasteiger partial charge in [0.25, 0.3) is 0 Å². The number of aliphatic carboxylic acids is 1. The normalized spacial score (nSPS) is 10.3. The Hall–Kier alpha value is -1.31. The first-order valence-corrected chi connectivity index (χ1v) is 5.41. The van der Waals surface area contributed by atoms with Crippen LogP contribution in [0.25, 0.3) is 0 Å². The van der Waals surface area contributed by atoms with Crippen molar-refractivity contribution in [2.45, 2.75) is 40.0 Å². The van der Waals surface area contributed by atoms with Crippen molar-refractivity contribution in [1.82, 2.24) is 0 Å². The smallest absolute Gasteiger partial charge is 0.307 e. The van der Waals surface area contributed by atoms with Gasteiger partial charge in [0.1, 0.15) is 0 Å². The van der Waals surface area contributed by atoms with E-state index >= 15 is 0 Å². The lowest BCUT2D eigenvalue weighted by Crippen LogP contribution is -2.06. The lowest BCUT2D eigenvalue weighted by Gasteiger charge is -2.12. The molecule has 2 nitrogen and oxygen atoms in total. The largest absolute Gasteiger partial charge is 0.481 e. The number of hydrogen-bond donors (Lipinski definition) is 1. The van der Waals surface area contributed by atoms with E-state index in [2.05, 4.69) is 26.0 Å². The molecule has 1 rings (SSSR count). The average molecular weight is 206 g/mol. The molecule has 0 bridgehead atoms. The molecule has 0 heterocycles. The van der Waals surface area contributed by atoms with E-state index < -0.39 is 5.97 Å². The zero-order chi connectivity index (χ0) is 11.4. The van der Waals surface area contributed by atoms with Gasteiger partial charge in [-0.15, -0.1) is 0 Å². The van der Waals surface area contributed by atoms with Crippen LogP contribution in [0.15, 0.2) is 12.1 Å². The predicted octanol–water partition coefficient (Wildman–Crippen LogP) is 2.75. The maximum absolute atomic E-state index is 10.7. The Morgan fingerprint density at radius 3 is 2.40 bits per heavy atom. The number of hydrogen-bond acceptors (Lipinski definition) is 1. The highest BCUT2D eigenvalue weighted by Gasteiger charge is 2.09. The molecule has 1 aromatic carbocycles. The first-order chi connectivity index (χ1) is 7.08. The van der Waals surface area contributed by atoms with Gasteiger partial charge in [0, 0.05) is 0 Å². The molecule has 0 aliphatic heterocycles. The zero-order valence-corrected chi connectivity index (χ0v) is 9.63. The van der Waals surface area contributed by atoms with Gasteiger partial charge < -0.3 is 5.11 Å². The van der Waals surface area contributed by atoms with Crippen LogP contribution in [-0.2, 0) is 24.1 Å². The van der Waals surface area contributed by atoms with E-state index in [-0.39, 0.29) is 6.42 Å². The van der Waals surface area contributed by atoms with E-state index in [1.807, 2.05) is 6.92 Å². The van der Waals surface area contributed by atoms with Crippen LogP contribution in [0.2, 0.25) is 0 Å². The van der Waals surface area contributed by atoms with Crippen molar-refractivity contribution in [3.8, 4) is 0 Å². The molecule has 0 unspecified atom stereocenters. The molecule has 15 heavy (non-hydrogen) atoms. The van der Waals surface area contributed by atoms with Gasteiger partial charge >= 0.3 is 5.97 Å². The summed E-state index contributed by atoms with van der Waals surface area (Å²) in [5.41, 5.74) is 4.56. The van der Waals surface area contributed by atoms with Crippen LogP contribution >= 0.6 is 0 Å². The minimum Gasteiger partial charge on any atom is -0.481 e. The molecule has 0 saturated heterocycles. The summed E-state index contributed by atoms with van der Waals surface area (Å²) in [5.74, 6) is -0.753. The molecular weight excluding hydrogens is 188 g/mol. The second kappa shape index (κ2) is 4.96. The molecule has 0 radical (unpaired) electrons. The maximum Gasteiger partial charge on any atom is 0.307 e. The quantitative estimate of drug-likeness (QED) is 0.822. The average Bonchev–Trinajstić information content (AvgIpc) is 2.20. The topological polar surface area (TPSA) is 37.3 Å². The van der Waals surface area contributed by atoms with Gasteiger partial charge in [0.2, 0.25) is 0 Å². The van der Waals surface area contributed by atoms with Crippen molar-refractivity contribution < 1.29 is 9.90 Å². The summed E-state index contributed by atoms with van der Waals surface area (Å²) in [6.45, 7) is 6.18. The standard InChI is InChI=1S/C13H18O2/c1-4-10-6-9(3)12(8-13(14)15)11(5-2)7-10/h6-7H,4-5,8H2,1-3H3,(H,14,15). The number of carboxylic acids is 1. The molecule has 0 saturated carbocycles. The lowest BCUT2D eigenvalue weighted by molar-refractivity contribution is -0.136. The van der Waals surface area contributed by atoms with Crippen molar-refractivity contribution in [1.29, 1.82) is 0 Å². The highest BCUT2D eigenvalue weighted by Crippen LogP contribution is 2.19. The predicted molar refractivity (Wildman–Crippen MR) is 61.3 cm³/mol. The van der Waals surface area contributed by atoms with Gasteiger partial charge in [-0.3, -0.25) is 4.79 Å². The van der Waals surface area contributed by atoms with Crippen molar-refractivity contribution in [2.24, 2.45) is 0 Å². The Balaban J connectivity index is 3.18. The van der Waals surface area contributed by atoms with E-state index in [0.717, 1.165) is 24.0 Å². The summed E-state index contributed by atoms with van der Waals surface area (Å²) in [7, 11) is 0. The highest BCUT2D eigenvalue weighted by atomic mass is 16.4. The van der Waals surface area contributed by atoms with E-state index in [1.54, 1.807) is 0 Å². The number of rotatable bonds is 4. The molecule has 82 valence electrons. The SMILES string of the molecule is CCc1cc(C)c(CC(=O)O)c(CC)c1. The van der Waals surface area contributed by atoms with Crippen LogP contribution in [0.3, 0.4) is 0 Å². The Bertz CT molecular complexity index is 367. The van der Waals surface area contributed by atoms with Gasteiger partial charge in [-0.1, -0.05) is 26.0 Å². The van der Waals surface area contributed by atoms with Gasteiger partial charge in [-0.05, 0) is 42.0 Å². The minimum atomic E-state index is -0.753. The van der Waals surface area contributed by atoms with Gasteiger partial charge in [-0.2, -0.15) is 0 Å². The summed E-state index contributed by atoms with van der Waals surface area (Å²) < 4.78 is 0. The van der Waals surface area contributed by atoms with Crippen molar-refractivity contribution in [3.63, 3.8) is 0 Å². The number of carbonyl (C=O) groups is 1. The Morgan fingerprint density at radius 1 is 1.27 bits per heavy atom. The molecule has 0 atom stereocenters. The number of aryl methyl sites for hydroxylation is 3. The summed E-state index contributed by atoms with van der Waals surface area (Å²) in [6.07, 6.45) is 2.04. The number of carboxylic acid groups (broad SMARTS) is 1. The molecule has 0 fully saturated rings. The zero-order valence-electron chi connectivity index (χ0n) is 9.63. The summed E-state index contributed by atoms with van der Waals surface area (Å²) >= 11 is 0. The van der Waals surface area contributed by atoms with Crippen LogP contribution in [0.5, 0.6) is 0 Å². The van der Waals surface area contributed by atoms with Crippen molar-refractivity contribution in [2.75, 3.05) is 0 Å². The number of benzene rings is 1. The molecule has 0 amide bonds. The maximum atomic E-state index is 10.7. The second-order valence-electron chi connectivity index (χ2n) is 3.83. The van der Waals surface area contributed by atoms with E-state index in [4.69, 9.17) is 5.11 Å². The molecule has 1 N–H and O–H groups in total. The third-order valence-corrected chi connectivity index (χ3v) is 2.74. The van der Waals surface area contributed by atoms with Crippen LogP contribution < -0.4 is 0 Å². The van der Waals surface area contributed by atoms with Gasteiger partial charge in [0.05, 0.1) is 6.42 Å². The summed E-state index contributed by atoms with van der Waals surface area (Å²) in [4.78, 5) is 10.7. The first kappa shape index (κ1) is 11.8. The fourth-order valence-corrected chi connectivity index (χ4v) is 1.89. The molecule has 0 aromatic heterocycles. The van der Waals surface area contributed by atoms with E-state index in [1.165, 1.54) is 11.1 Å². The van der Waals surface area contributed by atoms with E-state index in [0.29, 0.717) is 0 Å². The third kappa shape index (κ3) is 2.82. The van der Waals surface area contributed by atoms with Crippen LogP contribution in [0.1, 0.15) is 36.1 Å². The van der Waals surface area contributed by atoms with Crippen LogP contribution in [0, 0.1) is 6.92 Å². The molecular formula is C13H18O2. The molecule has 0 aliphatic rings. The highest BCUT2D eigenvalue weighted by molar-refractivity contribution is 5.71. The van der Waals surface area contributed by atoms with Crippen LogP contribution in [-0.4, -0.2) is 11.1 Å². The Kier molecular flexibility index (Phi) is 3.89. The van der Waals surface area contributed by atoms with Crippen LogP contribution in [0.4, 0.5) is 0 Å². The van der Waals surface area contributed by atoms with Gasteiger partial charge in [0.15, 0.2) is 0 Å². The van der Waals surface area contributed by atoms with Gasteiger partial charge in [-0.25, -0.2) is 0 Å². The molecule has 1 aromatic rings. The lowest BCUT2D eigenvalue weighted by atomic mass is 9.94. The fraction of sp³-hybridized carbons (Fsp3) is 0.462.